The lowest BCUT2D eigenvalue weighted by molar-refractivity contribution is -0.115. The van der Waals surface area contributed by atoms with Crippen molar-refractivity contribution >= 4 is 39.9 Å². The molecule has 0 unspecified atom stereocenters. The normalized spacial score (nSPS) is 11.6. The molecule has 0 aliphatic rings. The number of alkyl halides is 3. The van der Waals surface area contributed by atoms with Gasteiger partial charge in [0.25, 0.3) is 5.91 Å². The molecule has 0 aliphatic heterocycles. The second-order valence-corrected chi connectivity index (χ2v) is 6.82. The Morgan fingerprint density at radius 2 is 2.06 bits per heavy atom. The molecule has 0 saturated carbocycles. The van der Waals surface area contributed by atoms with Gasteiger partial charge in [-0.2, -0.15) is 13.2 Å². The number of carbonyl (C=O) groups is 1. The number of H-pyrrole nitrogens is 1. The molecule has 0 spiro atoms. The summed E-state index contributed by atoms with van der Waals surface area (Å²) in [5.41, 5.74) is 1.24. The predicted octanol–water partition coefficient (Wildman–Crippen LogP) is 4.16. The van der Waals surface area contributed by atoms with Gasteiger partial charge >= 0.3 is 6.18 Å². The lowest BCUT2D eigenvalue weighted by atomic mass is 10.2. The van der Waals surface area contributed by atoms with Crippen molar-refractivity contribution in [2.75, 3.05) is 17.2 Å². The lowest BCUT2D eigenvalue weighted by Crippen LogP contribution is -2.22. The molecule has 0 bridgehead atoms. The first kappa shape index (κ1) is 20.6. The highest BCUT2D eigenvalue weighted by molar-refractivity contribution is 6.31. The van der Waals surface area contributed by atoms with Gasteiger partial charge in [0.1, 0.15) is 6.54 Å². The highest BCUT2D eigenvalue weighted by Gasteiger charge is 2.27. The van der Waals surface area contributed by atoms with Gasteiger partial charge in [-0.1, -0.05) is 16.8 Å². The zero-order chi connectivity index (χ0) is 22.2. The summed E-state index contributed by atoms with van der Waals surface area (Å²) in [6.45, 7) is -1.43. The van der Waals surface area contributed by atoms with E-state index in [1.807, 2.05) is 5.32 Å². The first-order valence-electron chi connectivity index (χ1n) is 8.66. The molecule has 0 saturated heterocycles. The first-order valence-corrected chi connectivity index (χ1v) is 9.04. The molecule has 31 heavy (non-hydrogen) atoms. The molecule has 4 aromatic rings. The van der Waals surface area contributed by atoms with Gasteiger partial charge in [-0.25, -0.2) is 14.1 Å². The number of nitrogens with one attached hydrogen (secondary N) is 3. The van der Waals surface area contributed by atoms with E-state index < -0.39 is 30.3 Å². The summed E-state index contributed by atoms with van der Waals surface area (Å²) in [5.74, 6) is -2.15. The monoisotopic (exact) mass is 453 g/mol. The van der Waals surface area contributed by atoms with Crippen molar-refractivity contribution in [1.29, 1.82) is 0 Å². The van der Waals surface area contributed by atoms with Crippen molar-refractivity contribution in [3.05, 3.63) is 59.4 Å². The van der Waals surface area contributed by atoms with E-state index >= 15 is 0 Å². The van der Waals surface area contributed by atoms with Crippen LogP contribution in [0.4, 0.5) is 29.1 Å². The van der Waals surface area contributed by atoms with Crippen LogP contribution in [0.5, 0.6) is 0 Å². The number of anilines is 2. The zero-order valence-electron chi connectivity index (χ0n) is 15.3. The number of aromatic amines is 1. The van der Waals surface area contributed by atoms with Crippen LogP contribution in [-0.4, -0.2) is 43.6 Å². The summed E-state index contributed by atoms with van der Waals surface area (Å²) in [4.78, 5) is 19.1. The van der Waals surface area contributed by atoms with Gasteiger partial charge in [0.05, 0.1) is 23.8 Å². The zero-order valence-corrected chi connectivity index (χ0v) is 16.1. The average Bonchev–Trinajstić information content (AvgIpc) is 3.34. The van der Waals surface area contributed by atoms with Crippen molar-refractivity contribution in [1.82, 2.24) is 25.0 Å². The lowest BCUT2D eigenvalue weighted by Gasteiger charge is -2.10. The van der Waals surface area contributed by atoms with Crippen molar-refractivity contribution in [2.24, 2.45) is 0 Å². The fourth-order valence-electron chi connectivity index (χ4n) is 2.74. The molecule has 1 amide bonds. The van der Waals surface area contributed by atoms with Crippen LogP contribution in [0.3, 0.4) is 0 Å². The Balaban J connectivity index is 1.50. The van der Waals surface area contributed by atoms with Gasteiger partial charge in [0, 0.05) is 28.2 Å². The Bertz CT molecular complexity index is 1270. The number of hydrogen-bond acceptors (Lipinski definition) is 5. The summed E-state index contributed by atoms with van der Waals surface area (Å²) in [7, 11) is 0. The standard InChI is InChI=1S/C18H12ClF4N7O/c19-9-1-2-13-11(3-9)14(6-24-13)27-17(31)15-7-30(29-28-15)10-4-12(20)16(25-5-10)26-8-18(21,22)23/h1-7,24H,8H2,(H,25,26)(H,27,31). The Hall–Kier alpha value is -3.67. The molecule has 13 heteroatoms. The maximum Gasteiger partial charge on any atom is 0.405 e. The third-order valence-corrected chi connectivity index (χ3v) is 4.40. The molecule has 3 heterocycles. The molecule has 8 nitrogen and oxygen atoms in total. The fourth-order valence-corrected chi connectivity index (χ4v) is 2.92. The molecule has 0 radical (unpaired) electrons. The predicted molar refractivity (Wildman–Crippen MR) is 105 cm³/mol. The number of halogens is 5. The van der Waals surface area contributed by atoms with Crippen molar-refractivity contribution in [3.8, 4) is 5.69 Å². The molecule has 0 aliphatic carbocycles. The van der Waals surface area contributed by atoms with Crippen LogP contribution in [0, 0.1) is 5.82 Å². The molecule has 3 aromatic heterocycles. The summed E-state index contributed by atoms with van der Waals surface area (Å²) < 4.78 is 51.9. The van der Waals surface area contributed by atoms with Gasteiger partial charge in [-0.15, -0.1) is 5.10 Å². The van der Waals surface area contributed by atoms with Gasteiger partial charge in [0.15, 0.2) is 17.3 Å². The number of nitrogens with zero attached hydrogens (tertiary/aromatic N) is 4. The minimum absolute atomic E-state index is 0.0699. The maximum atomic E-state index is 14.1. The highest BCUT2D eigenvalue weighted by atomic mass is 35.5. The van der Waals surface area contributed by atoms with Crippen LogP contribution in [0.1, 0.15) is 10.5 Å². The van der Waals surface area contributed by atoms with E-state index in [2.05, 4.69) is 25.6 Å². The molecule has 4 rings (SSSR count). The third kappa shape index (κ3) is 4.58. The minimum atomic E-state index is -4.52. The van der Waals surface area contributed by atoms with Crippen molar-refractivity contribution in [3.63, 3.8) is 0 Å². The minimum Gasteiger partial charge on any atom is -0.359 e. The quantitative estimate of drug-likeness (QED) is 0.394. The number of benzene rings is 1. The summed E-state index contributed by atoms with van der Waals surface area (Å²) in [5, 5.41) is 13.2. The molecular formula is C18H12ClF4N7O. The van der Waals surface area contributed by atoms with E-state index in [1.165, 1.54) is 6.20 Å². The average molecular weight is 454 g/mol. The SMILES string of the molecule is O=C(Nc1c[nH]c2ccc(Cl)cc12)c1cn(-c2cnc(NCC(F)(F)F)c(F)c2)nn1. The fraction of sp³-hybridized carbons (Fsp3) is 0.111. The van der Waals surface area contributed by atoms with Gasteiger partial charge in [0.2, 0.25) is 0 Å². The number of aromatic nitrogens is 5. The molecule has 3 N–H and O–H groups in total. The molecule has 0 atom stereocenters. The van der Waals surface area contributed by atoms with Crippen LogP contribution in [0.25, 0.3) is 16.6 Å². The largest absolute Gasteiger partial charge is 0.405 e. The second-order valence-electron chi connectivity index (χ2n) is 6.39. The maximum absolute atomic E-state index is 14.1. The van der Waals surface area contributed by atoms with Gasteiger partial charge < -0.3 is 15.6 Å². The summed E-state index contributed by atoms with van der Waals surface area (Å²) in [6, 6.07) is 6.07. The van der Waals surface area contributed by atoms with Crippen LogP contribution < -0.4 is 10.6 Å². The van der Waals surface area contributed by atoms with E-state index in [9.17, 15) is 22.4 Å². The van der Waals surface area contributed by atoms with E-state index in [4.69, 9.17) is 11.6 Å². The van der Waals surface area contributed by atoms with E-state index in [0.29, 0.717) is 16.1 Å². The van der Waals surface area contributed by atoms with Crippen LogP contribution in [-0.2, 0) is 0 Å². The highest BCUT2D eigenvalue weighted by Crippen LogP contribution is 2.26. The smallest absolute Gasteiger partial charge is 0.359 e. The van der Waals surface area contributed by atoms with Crippen LogP contribution in [0.2, 0.25) is 5.02 Å². The van der Waals surface area contributed by atoms with Crippen LogP contribution >= 0.6 is 11.6 Å². The topological polar surface area (TPSA) is 101 Å². The Morgan fingerprint density at radius 1 is 1.26 bits per heavy atom. The Labute approximate surface area is 176 Å². The number of amides is 1. The van der Waals surface area contributed by atoms with E-state index in [-0.39, 0.29) is 11.4 Å². The number of fused-ring (bicyclic) bond motifs is 1. The molecule has 1 aromatic carbocycles. The van der Waals surface area contributed by atoms with E-state index in [0.717, 1.165) is 22.5 Å². The van der Waals surface area contributed by atoms with Gasteiger partial charge in [-0.3, -0.25) is 4.79 Å². The number of rotatable bonds is 5. The molecule has 160 valence electrons. The Kier molecular flexibility index (Phi) is 5.23. The number of carbonyl (C=O) groups excluding carboxylic acids is 1. The summed E-state index contributed by atoms with van der Waals surface area (Å²) in [6.07, 6.45) is -0.595. The van der Waals surface area contributed by atoms with Crippen molar-refractivity contribution < 1.29 is 22.4 Å². The number of pyridine rings is 1. The van der Waals surface area contributed by atoms with Crippen molar-refractivity contribution in [2.45, 2.75) is 6.18 Å². The first-order chi connectivity index (χ1) is 14.7. The van der Waals surface area contributed by atoms with Crippen LogP contribution in [0.15, 0.2) is 42.9 Å². The number of hydrogen-bond donors (Lipinski definition) is 3. The Morgan fingerprint density at radius 3 is 2.81 bits per heavy atom. The molecule has 0 fully saturated rings. The van der Waals surface area contributed by atoms with Gasteiger partial charge in [-0.05, 0) is 18.2 Å². The second kappa shape index (κ2) is 7.87. The third-order valence-electron chi connectivity index (χ3n) is 4.17. The summed E-state index contributed by atoms with van der Waals surface area (Å²) >= 11 is 5.99. The molecular weight excluding hydrogens is 442 g/mol. The van der Waals surface area contributed by atoms with E-state index in [1.54, 1.807) is 24.4 Å².